The molecule has 0 bridgehead atoms. The van der Waals surface area contributed by atoms with Gasteiger partial charge in [-0.15, -0.1) is 0 Å². The molecule has 15 heavy (non-hydrogen) atoms. The highest BCUT2D eigenvalue weighted by Crippen LogP contribution is 2.71. The molecule has 1 saturated heterocycles. The molecule has 0 aliphatic carbocycles. The molecule has 0 aromatic heterocycles. The van der Waals surface area contributed by atoms with E-state index in [1.165, 1.54) is 44.9 Å². The molecule has 0 aromatic rings. The van der Waals surface area contributed by atoms with E-state index in [1.54, 1.807) is 22.8 Å². The van der Waals surface area contributed by atoms with Crippen LogP contribution < -0.4 is 0 Å². The monoisotopic (exact) mass is 266 g/mol. The van der Waals surface area contributed by atoms with Crippen molar-refractivity contribution in [2.75, 3.05) is 17.7 Å². The molecule has 0 atom stereocenters. The fourth-order valence-corrected chi connectivity index (χ4v) is 10.2. The van der Waals surface area contributed by atoms with Gasteiger partial charge in [0.15, 0.2) is 5.55 Å². The van der Waals surface area contributed by atoms with Crippen molar-refractivity contribution < 1.29 is 4.57 Å². The van der Waals surface area contributed by atoms with E-state index in [0.29, 0.717) is 0 Å². The fourth-order valence-electron chi connectivity index (χ4n) is 1.72. The molecule has 0 N–H and O–H groups in total. The number of hydrogen-bond acceptors (Lipinski definition) is 3. The van der Waals surface area contributed by atoms with Crippen LogP contribution in [0.2, 0.25) is 0 Å². The van der Waals surface area contributed by atoms with Gasteiger partial charge in [0.25, 0.3) is 0 Å². The van der Waals surface area contributed by atoms with E-state index >= 15 is 0 Å². The van der Waals surface area contributed by atoms with Crippen molar-refractivity contribution in [3.05, 3.63) is 0 Å². The van der Waals surface area contributed by atoms with Gasteiger partial charge in [-0.3, -0.25) is 0 Å². The van der Waals surface area contributed by atoms with Crippen LogP contribution in [-0.4, -0.2) is 17.7 Å². The van der Waals surface area contributed by atoms with E-state index in [0.717, 1.165) is 17.7 Å². The summed E-state index contributed by atoms with van der Waals surface area (Å²) in [6.07, 6.45) is 10.1. The second-order valence-corrected chi connectivity index (χ2v) is 12.9. The van der Waals surface area contributed by atoms with Crippen LogP contribution in [0.4, 0.5) is 0 Å². The van der Waals surface area contributed by atoms with Crippen molar-refractivity contribution in [3.63, 3.8) is 0 Å². The summed E-state index contributed by atoms with van der Waals surface area (Å²) in [7, 11) is 0. The van der Waals surface area contributed by atoms with Gasteiger partial charge in [-0.2, -0.15) is 0 Å². The Morgan fingerprint density at radius 2 is 1.60 bits per heavy atom. The molecule has 1 aliphatic heterocycles. The summed E-state index contributed by atoms with van der Waals surface area (Å²) in [5.41, 5.74) is -1.84. The van der Waals surface area contributed by atoms with Gasteiger partial charge >= 0.3 is 0 Å². The average Bonchev–Trinajstić information content (AvgIpc) is 2.24. The van der Waals surface area contributed by atoms with Gasteiger partial charge in [-0.1, -0.05) is 61.8 Å². The Hall–Kier alpha value is 0.930. The minimum atomic E-state index is -1.84. The van der Waals surface area contributed by atoms with Crippen LogP contribution in [-0.2, 0) is 4.57 Å². The maximum atomic E-state index is 12.2. The van der Waals surface area contributed by atoms with Crippen LogP contribution in [0.1, 0.15) is 51.9 Å². The number of unbranched alkanes of at least 4 members (excludes halogenated alkanes) is 5. The summed E-state index contributed by atoms with van der Waals surface area (Å²) in [5, 5.41) is 0. The van der Waals surface area contributed by atoms with Gasteiger partial charge in [0, 0.05) is 17.7 Å². The normalized spacial score (nSPS) is 20.3. The van der Waals surface area contributed by atoms with Crippen molar-refractivity contribution in [2.24, 2.45) is 0 Å². The van der Waals surface area contributed by atoms with Crippen LogP contribution in [0.15, 0.2) is 0 Å². The Balaban J connectivity index is 2.01. The third kappa shape index (κ3) is 6.28. The van der Waals surface area contributed by atoms with E-state index in [2.05, 4.69) is 6.92 Å². The molecular weight excluding hydrogens is 243 g/mol. The summed E-state index contributed by atoms with van der Waals surface area (Å²) in [5.74, 6) is 2.25. The van der Waals surface area contributed by atoms with Crippen molar-refractivity contribution in [3.8, 4) is 0 Å². The second kappa shape index (κ2) is 8.08. The van der Waals surface area contributed by atoms with Crippen LogP contribution in [0.3, 0.4) is 0 Å². The summed E-state index contributed by atoms with van der Waals surface area (Å²) in [4.78, 5) is 0. The second-order valence-electron chi connectivity index (χ2n) is 4.12. The first kappa shape index (κ1) is 14.0. The van der Waals surface area contributed by atoms with Crippen LogP contribution in [0.5, 0.6) is 0 Å². The largest absolute Gasteiger partial charge is 0.300 e. The minimum absolute atomic E-state index is 0.981. The molecule has 0 saturated carbocycles. The van der Waals surface area contributed by atoms with E-state index in [9.17, 15) is 4.57 Å². The summed E-state index contributed by atoms with van der Waals surface area (Å²) in [6.45, 7) is 2.24. The number of hydrogen-bond donors (Lipinski definition) is 0. The molecule has 1 aliphatic rings. The molecule has 1 nitrogen and oxygen atoms in total. The lowest BCUT2D eigenvalue weighted by Crippen LogP contribution is -1.94. The lowest BCUT2D eigenvalue weighted by atomic mass is 10.1. The zero-order chi connectivity index (χ0) is 11.0. The predicted molar refractivity (Wildman–Crippen MR) is 75.4 cm³/mol. The molecule has 4 heteroatoms. The van der Waals surface area contributed by atoms with Crippen LogP contribution in [0, 0.1) is 0 Å². The smallest absolute Gasteiger partial charge is 0.191 e. The Morgan fingerprint density at radius 3 is 2.27 bits per heavy atom. The standard InChI is InChI=1S/C11H23OPS2/c1-2-3-4-5-6-7-9-13(12)14-10-8-11-15-13/h2-11H2,1H3. The summed E-state index contributed by atoms with van der Waals surface area (Å²) < 4.78 is 12.2. The summed E-state index contributed by atoms with van der Waals surface area (Å²) in [6, 6.07) is 0. The van der Waals surface area contributed by atoms with Gasteiger partial charge in [-0.05, 0) is 12.8 Å². The molecule has 0 spiro atoms. The van der Waals surface area contributed by atoms with E-state index < -0.39 is 5.55 Å². The molecule has 1 fully saturated rings. The fraction of sp³-hybridized carbons (Fsp3) is 1.00. The van der Waals surface area contributed by atoms with Crippen LogP contribution >= 0.6 is 28.3 Å². The molecule has 1 heterocycles. The van der Waals surface area contributed by atoms with Crippen molar-refractivity contribution in [1.29, 1.82) is 0 Å². The maximum absolute atomic E-state index is 12.2. The molecular formula is C11H23OPS2. The Bertz CT molecular complexity index is 199. The first-order chi connectivity index (χ1) is 7.27. The lowest BCUT2D eigenvalue weighted by Gasteiger charge is -2.20. The number of rotatable bonds is 7. The van der Waals surface area contributed by atoms with Gasteiger partial charge in [0.2, 0.25) is 0 Å². The Kier molecular flexibility index (Phi) is 7.54. The highest BCUT2D eigenvalue weighted by molar-refractivity contribution is 8.90. The molecule has 0 unspecified atom stereocenters. The Morgan fingerprint density at radius 1 is 1.00 bits per heavy atom. The quantitative estimate of drug-likeness (QED) is 0.453. The van der Waals surface area contributed by atoms with E-state index in [4.69, 9.17) is 0 Å². The lowest BCUT2D eigenvalue weighted by molar-refractivity contribution is 0.586. The molecule has 1 rings (SSSR count). The zero-order valence-corrected chi connectivity index (χ0v) is 12.3. The first-order valence-corrected chi connectivity index (χ1v) is 11.2. The molecule has 0 aromatic carbocycles. The Labute approximate surface area is 102 Å². The first-order valence-electron chi connectivity index (χ1n) is 6.15. The van der Waals surface area contributed by atoms with Crippen molar-refractivity contribution >= 4 is 28.3 Å². The third-order valence-electron chi connectivity index (χ3n) is 2.65. The van der Waals surface area contributed by atoms with Gasteiger partial charge in [0.05, 0.1) is 0 Å². The SMILES string of the molecule is CCCCCCCCP1(=O)SCCCS1. The predicted octanol–water partition coefficient (Wildman–Crippen LogP) is 5.41. The van der Waals surface area contributed by atoms with Gasteiger partial charge in [0.1, 0.15) is 0 Å². The topological polar surface area (TPSA) is 17.1 Å². The average molecular weight is 266 g/mol. The minimum Gasteiger partial charge on any atom is -0.300 e. The van der Waals surface area contributed by atoms with Crippen LogP contribution in [0.25, 0.3) is 0 Å². The molecule has 0 radical (unpaired) electrons. The van der Waals surface area contributed by atoms with Gasteiger partial charge in [-0.25, -0.2) is 0 Å². The zero-order valence-electron chi connectivity index (χ0n) is 9.74. The highest BCUT2D eigenvalue weighted by atomic mass is 33.1. The highest BCUT2D eigenvalue weighted by Gasteiger charge is 2.25. The molecule has 90 valence electrons. The van der Waals surface area contributed by atoms with Crippen molar-refractivity contribution in [2.45, 2.75) is 51.9 Å². The van der Waals surface area contributed by atoms with Gasteiger partial charge < -0.3 is 4.57 Å². The summed E-state index contributed by atoms with van der Waals surface area (Å²) >= 11 is 3.50. The van der Waals surface area contributed by atoms with E-state index in [1.807, 2.05) is 0 Å². The van der Waals surface area contributed by atoms with Crippen molar-refractivity contribution in [1.82, 2.24) is 0 Å². The maximum Gasteiger partial charge on any atom is 0.191 e. The van der Waals surface area contributed by atoms with E-state index in [-0.39, 0.29) is 0 Å². The molecule has 0 amide bonds. The third-order valence-corrected chi connectivity index (χ3v) is 11.7.